The van der Waals surface area contributed by atoms with Crippen molar-refractivity contribution in [3.63, 3.8) is 0 Å². The molecule has 114 valence electrons. The third-order valence-corrected chi connectivity index (χ3v) is 3.80. The van der Waals surface area contributed by atoms with Crippen LogP contribution in [-0.4, -0.2) is 36.6 Å². The molecule has 0 saturated carbocycles. The Kier molecular flexibility index (Phi) is 5.66. The van der Waals surface area contributed by atoms with E-state index in [1.54, 1.807) is 0 Å². The van der Waals surface area contributed by atoms with Crippen molar-refractivity contribution in [2.45, 2.75) is 18.9 Å². The van der Waals surface area contributed by atoms with E-state index in [0.29, 0.717) is 10.2 Å². The maximum Gasteiger partial charge on any atom is 0.283 e. The van der Waals surface area contributed by atoms with Crippen LogP contribution in [0.25, 0.3) is 0 Å². The summed E-state index contributed by atoms with van der Waals surface area (Å²) in [7, 11) is 0. The molecule has 0 atom stereocenters. The van der Waals surface area contributed by atoms with E-state index >= 15 is 0 Å². The lowest BCUT2D eigenvalue weighted by molar-refractivity contribution is -0.385. The molecule has 1 fully saturated rings. The summed E-state index contributed by atoms with van der Waals surface area (Å²) >= 11 is 3.11. The third-order valence-electron chi connectivity index (χ3n) is 3.16. The molecule has 0 aliphatic carbocycles. The number of nitrogens with zero attached hydrogens (tertiary/aromatic N) is 1. The molecule has 1 amide bonds. The molecule has 7 nitrogen and oxygen atoms in total. The molecule has 1 aromatic rings. The number of nitro groups is 1. The minimum atomic E-state index is -0.490. The molecule has 0 aromatic heterocycles. The van der Waals surface area contributed by atoms with E-state index in [4.69, 9.17) is 4.74 Å². The Hall–Kier alpha value is -1.51. The van der Waals surface area contributed by atoms with Gasteiger partial charge in [0.05, 0.1) is 15.5 Å². The summed E-state index contributed by atoms with van der Waals surface area (Å²) in [5, 5.41) is 16.6. The molecule has 1 saturated heterocycles. The average molecular weight is 358 g/mol. The normalized spacial score (nSPS) is 15.7. The standard InChI is InChI=1S/C13H16BrN3O4/c14-11-7-9(1-2-12(11)17(19)20)16-13(18)8-21-10-3-5-15-6-4-10/h1-2,7,10,15H,3-6,8H2,(H,16,18). The summed E-state index contributed by atoms with van der Waals surface area (Å²) in [6, 6.07) is 4.33. The van der Waals surface area contributed by atoms with Crippen molar-refractivity contribution in [1.29, 1.82) is 0 Å². The van der Waals surface area contributed by atoms with Crippen LogP contribution >= 0.6 is 15.9 Å². The first-order chi connectivity index (χ1) is 10.1. The van der Waals surface area contributed by atoms with Gasteiger partial charge in [-0.2, -0.15) is 0 Å². The number of nitro benzene ring substituents is 1. The summed E-state index contributed by atoms with van der Waals surface area (Å²) in [5.74, 6) is -0.269. The molecule has 1 aliphatic rings. The highest BCUT2D eigenvalue weighted by molar-refractivity contribution is 9.10. The van der Waals surface area contributed by atoms with Gasteiger partial charge in [-0.15, -0.1) is 0 Å². The smallest absolute Gasteiger partial charge is 0.283 e. The van der Waals surface area contributed by atoms with Crippen molar-refractivity contribution >= 4 is 33.2 Å². The van der Waals surface area contributed by atoms with E-state index in [1.165, 1.54) is 18.2 Å². The predicted octanol–water partition coefficient (Wildman–Crippen LogP) is 2.06. The zero-order chi connectivity index (χ0) is 15.2. The van der Waals surface area contributed by atoms with Crippen molar-refractivity contribution in [3.05, 3.63) is 32.8 Å². The van der Waals surface area contributed by atoms with Gasteiger partial charge in [0, 0.05) is 11.8 Å². The second-order valence-corrected chi connectivity index (χ2v) is 5.59. The van der Waals surface area contributed by atoms with E-state index in [0.717, 1.165) is 25.9 Å². The Morgan fingerprint density at radius 1 is 1.48 bits per heavy atom. The number of hydrogen-bond acceptors (Lipinski definition) is 5. The lowest BCUT2D eigenvalue weighted by atomic mass is 10.1. The lowest BCUT2D eigenvalue weighted by Gasteiger charge is -2.22. The number of rotatable bonds is 5. The van der Waals surface area contributed by atoms with Crippen LogP contribution in [0.1, 0.15) is 12.8 Å². The van der Waals surface area contributed by atoms with Gasteiger partial charge < -0.3 is 15.4 Å². The van der Waals surface area contributed by atoms with Gasteiger partial charge in [0.25, 0.3) is 5.69 Å². The van der Waals surface area contributed by atoms with Crippen molar-refractivity contribution in [1.82, 2.24) is 5.32 Å². The van der Waals surface area contributed by atoms with E-state index in [9.17, 15) is 14.9 Å². The fraction of sp³-hybridized carbons (Fsp3) is 0.462. The number of carbonyl (C=O) groups is 1. The van der Waals surface area contributed by atoms with E-state index < -0.39 is 4.92 Å². The molecule has 21 heavy (non-hydrogen) atoms. The van der Waals surface area contributed by atoms with Gasteiger partial charge in [-0.25, -0.2) is 0 Å². The van der Waals surface area contributed by atoms with Gasteiger partial charge in [0.15, 0.2) is 0 Å². The van der Waals surface area contributed by atoms with Gasteiger partial charge in [-0.05, 0) is 54.0 Å². The number of benzene rings is 1. The second-order valence-electron chi connectivity index (χ2n) is 4.73. The van der Waals surface area contributed by atoms with Gasteiger partial charge in [-0.1, -0.05) is 0 Å². The number of halogens is 1. The highest BCUT2D eigenvalue weighted by Gasteiger charge is 2.16. The highest BCUT2D eigenvalue weighted by Crippen LogP contribution is 2.27. The number of nitrogens with one attached hydrogen (secondary N) is 2. The molecule has 0 unspecified atom stereocenters. The van der Waals surface area contributed by atoms with Crippen LogP contribution in [0.5, 0.6) is 0 Å². The molecule has 1 aromatic carbocycles. The first-order valence-corrected chi connectivity index (χ1v) is 7.41. The third kappa shape index (κ3) is 4.76. The van der Waals surface area contributed by atoms with Crippen LogP contribution in [0.15, 0.2) is 22.7 Å². The van der Waals surface area contributed by atoms with Crippen molar-refractivity contribution < 1.29 is 14.5 Å². The van der Waals surface area contributed by atoms with E-state index in [-0.39, 0.29) is 24.3 Å². The van der Waals surface area contributed by atoms with Crippen LogP contribution in [0.3, 0.4) is 0 Å². The minimum absolute atomic E-state index is 0.0146. The molecular formula is C13H16BrN3O4. The van der Waals surface area contributed by atoms with Gasteiger partial charge in [-0.3, -0.25) is 14.9 Å². The summed E-state index contributed by atoms with van der Waals surface area (Å²) in [6.07, 6.45) is 1.91. The maximum absolute atomic E-state index is 11.8. The van der Waals surface area contributed by atoms with Crippen LogP contribution < -0.4 is 10.6 Å². The summed E-state index contributed by atoms with van der Waals surface area (Å²) in [4.78, 5) is 22.0. The molecule has 2 N–H and O–H groups in total. The molecule has 1 heterocycles. The number of anilines is 1. The van der Waals surface area contributed by atoms with E-state index in [1.807, 2.05) is 0 Å². The number of carbonyl (C=O) groups excluding carboxylic acids is 1. The second kappa shape index (κ2) is 7.48. The Morgan fingerprint density at radius 3 is 2.81 bits per heavy atom. The zero-order valence-corrected chi connectivity index (χ0v) is 12.9. The predicted molar refractivity (Wildman–Crippen MR) is 81.3 cm³/mol. The molecule has 0 bridgehead atoms. The van der Waals surface area contributed by atoms with Gasteiger partial charge in [0.2, 0.25) is 5.91 Å². The largest absolute Gasteiger partial charge is 0.368 e. The Bertz CT molecular complexity index is 532. The lowest BCUT2D eigenvalue weighted by Crippen LogP contribution is -2.34. The fourth-order valence-electron chi connectivity index (χ4n) is 2.09. The van der Waals surface area contributed by atoms with Crippen molar-refractivity contribution in [3.8, 4) is 0 Å². The minimum Gasteiger partial charge on any atom is -0.368 e. The fourth-order valence-corrected chi connectivity index (χ4v) is 2.61. The van der Waals surface area contributed by atoms with Crippen LogP contribution in [0, 0.1) is 10.1 Å². The number of hydrogen-bond donors (Lipinski definition) is 2. The van der Waals surface area contributed by atoms with Gasteiger partial charge >= 0.3 is 0 Å². The zero-order valence-electron chi connectivity index (χ0n) is 11.3. The Balaban J connectivity index is 1.84. The molecule has 0 radical (unpaired) electrons. The van der Waals surface area contributed by atoms with Crippen LogP contribution in [0.2, 0.25) is 0 Å². The van der Waals surface area contributed by atoms with Crippen LogP contribution in [0.4, 0.5) is 11.4 Å². The number of piperidine rings is 1. The monoisotopic (exact) mass is 357 g/mol. The maximum atomic E-state index is 11.8. The Morgan fingerprint density at radius 2 is 2.19 bits per heavy atom. The Labute approximate surface area is 130 Å². The quantitative estimate of drug-likeness (QED) is 0.621. The number of ether oxygens (including phenoxy) is 1. The highest BCUT2D eigenvalue weighted by atomic mass is 79.9. The van der Waals surface area contributed by atoms with Crippen molar-refractivity contribution in [2.75, 3.05) is 25.0 Å². The summed E-state index contributed by atoms with van der Waals surface area (Å²) in [6.45, 7) is 1.79. The summed E-state index contributed by atoms with van der Waals surface area (Å²) < 4.78 is 5.86. The first-order valence-electron chi connectivity index (χ1n) is 6.62. The van der Waals surface area contributed by atoms with E-state index in [2.05, 4.69) is 26.6 Å². The SMILES string of the molecule is O=C(COC1CCNCC1)Nc1ccc([N+](=O)[O-])c(Br)c1. The number of amides is 1. The topological polar surface area (TPSA) is 93.5 Å². The molecule has 0 spiro atoms. The van der Waals surface area contributed by atoms with Gasteiger partial charge in [0.1, 0.15) is 6.61 Å². The average Bonchev–Trinajstić information content (AvgIpc) is 2.46. The summed E-state index contributed by atoms with van der Waals surface area (Å²) in [5.41, 5.74) is 0.449. The first kappa shape index (κ1) is 15.9. The van der Waals surface area contributed by atoms with Crippen molar-refractivity contribution in [2.24, 2.45) is 0 Å². The molecule has 2 rings (SSSR count). The molecule has 8 heteroatoms. The van der Waals surface area contributed by atoms with Crippen LogP contribution in [-0.2, 0) is 9.53 Å². The molecular weight excluding hydrogens is 342 g/mol. The molecule has 1 aliphatic heterocycles.